The van der Waals surface area contributed by atoms with Crippen LogP contribution in [-0.4, -0.2) is 6.29 Å². The lowest BCUT2D eigenvalue weighted by molar-refractivity contribution is -0.104. The first-order valence-corrected chi connectivity index (χ1v) is 2.57. The third kappa shape index (κ3) is 6.69. The quantitative estimate of drug-likeness (QED) is 0.342. The predicted molar refractivity (Wildman–Crippen MR) is 37.7 cm³/mol. The van der Waals surface area contributed by atoms with Gasteiger partial charge in [0.2, 0.25) is 0 Å². The van der Waals surface area contributed by atoms with E-state index in [9.17, 15) is 4.79 Å². The normalized spacial score (nSPS) is 12.0. The van der Waals surface area contributed by atoms with E-state index in [-0.39, 0.29) is 0 Å². The number of hydrogen-bond acceptors (Lipinski definition) is 2. The molecule has 0 aliphatic rings. The van der Waals surface area contributed by atoms with E-state index in [0.29, 0.717) is 0 Å². The van der Waals surface area contributed by atoms with Crippen LogP contribution in [0.1, 0.15) is 0 Å². The van der Waals surface area contributed by atoms with E-state index in [1.165, 1.54) is 12.3 Å². The number of hydrogen-bond donors (Lipinski definition) is 1. The molecule has 2 nitrogen and oxygen atoms in total. The Morgan fingerprint density at radius 1 is 0.889 bits per heavy atom. The summed E-state index contributed by atoms with van der Waals surface area (Å²) in [7, 11) is 0. The molecule has 0 aromatic rings. The highest BCUT2D eigenvalue weighted by Crippen LogP contribution is 1.75. The SMILES string of the molecule is N/C=C/C=C/C=C/C=O. The average molecular weight is 123 g/mol. The molecule has 2 heteroatoms. The van der Waals surface area contributed by atoms with Crippen LogP contribution in [0.2, 0.25) is 0 Å². The van der Waals surface area contributed by atoms with Gasteiger partial charge in [0.1, 0.15) is 6.29 Å². The van der Waals surface area contributed by atoms with Gasteiger partial charge in [-0.05, 0) is 18.4 Å². The highest BCUT2D eigenvalue weighted by atomic mass is 16.1. The van der Waals surface area contributed by atoms with Gasteiger partial charge in [-0.25, -0.2) is 0 Å². The Labute approximate surface area is 54.4 Å². The van der Waals surface area contributed by atoms with E-state index in [0.717, 1.165) is 6.29 Å². The van der Waals surface area contributed by atoms with Crippen molar-refractivity contribution in [3.05, 3.63) is 36.6 Å². The van der Waals surface area contributed by atoms with Gasteiger partial charge in [-0.1, -0.05) is 18.2 Å². The molecule has 0 heterocycles. The predicted octanol–water partition coefficient (Wildman–Crippen LogP) is 0.770. The lowest BCUT2D eigenvalue weighted by Gasteiger charge is -1.68. The van der Waals surface area contributed by atoms with E-state index in [1.54, 1.807) is 24.3 Å². The van der Waals surface area contributed by atoms with Crippen LogP contribution in [0, 0.1) is 0 Å². The van der Waals surface area contributed by atoms with Crippen molar-refractivity contribution in [2.45, 2.75) is 0 Å². The highest BCUT2D eigenvalue weighted by molar-refractivity contribution is 5.65. The zero-order chi connectivity index (χ0) is 6.95. The van der Waals surface area contributed by atoms with Crippen molar-refractivity contribution in [2.75, 3.05) is 0 Å². The number of carbonyl (C=O) groups excluding carboxylic acids is 1. The lowest BCUT2D eigenvalue weighted by atomic mass is 10.4. The number of rotatable bonds is 3. The first-order valence-electron chi connectivity index (χ1n) is 2.57. The minimum absolute atomic E-state index is 0.719. The molecular weight excluding hydrogens is 114 g/mol. The number of carbonyl (C=O) groups is 1. The molecule has 2 N–H and O–H groups in total. The average Bonchev–Trinajstić information content (AvgIpc) is 1.89. The number of allylic oxidation sites excluding steroid dienone is 5. The second kappa shape index (κ2) is 6.69. The van der Waals surface area contributed by atoms with Crippen LogP contribution in [0.3, 0.4) is 0 Å². The fraction of sp³-hybridized carbons (Fsp3) is 0. The van der Waals surface area contributed by atoms with Crippen LogP contribution in [0.5, 0.6) is 0 Å². The molecule has 9 heavy (non-hydrogen) atoms. The van der Waals surface area contributed by atoms with Crippen LogP contribution < -0.4 is 5.73 Å². The summed E-state index contributed by atoms with van der Waals surface area (Å²) in [4.78, 5) is 9.67. The van der Waals surface area contributed by atoms with Crippen molar-refractivity contribution in [2.24, 2.45) is 5.73 Å². The molecule has 0 aliphatic carbocycles. The fourth-order valence-electron chi connectivity index (χ4n) is 0.302. The number of aldehydes is 1. The topological polar surface area (TPSA) is 43.1 Å². The first-order chi connectivity index (χ1) is 4.41. The van der Waals surface area contributed by atoms with Crippen molar-refractivity contribution in [1.82, 2.24) is 0 Å². The van der Waals surface area contributed by atoms with Crippen LogP contribution in [-0.2, 0) is 4.79 Å². The minimum atomic E-state index is 0.719. The zero-order valence-corrected chi connectivity index (χ0v) is 5.03. The molecule has 0 fully saturated rings. The van der Waals surface area contributed by atoms with Crippen molar-refractivity contribution < 1.29 is 4.79 Å². The van der Waals surface area contributed by atoms with Gasteiger partial charge in [0.15, 0.2) is 0 Å². The van der Waals surface area contributed by atoms with Gasteiger partial charge in [-0.3, -0.25) is 4.79 Å². The van der Waals surface area contributed by atoms with Crippen molar-refractivity contribution in [1.29, 1.82) is 0 Å². The summed E-state index contributed by atoms with van der Waals surface area (Å²) < 4.78 is 0. The smallest absolute Gasteiger partial charge is 0.142 e. The van der Waals surface area contributed by atoms with Gasteiger partial charge in [-0.2, -0.15) is 0 Å². The zero-order valence-electron chi connectivity index (χ0n) is 5.03. The second-order valence-electron chi connectivity index (χ2n) is 1.29. The lowest BCUT2D eigenvalue weighted by Crippen LogP contribution is -1.71. The van der Waals surface area contributed by atoms with Crippen molar-refractivity contribution in [3.63, 3.8) is 0 Å². The Balaban J connectivity index is 3.46. The van der Waals surface area contributed by atoms with Crippen LogP contribution >= 0.6 is 0 Å². The Morgan fingerprint density at radius 2 is 1.44 bits per heavy atom. The maximum atomic E-state index is 9.67. The molecule has 48 valence electrons. The molecule has 0 radical (unpaired) electrons. The molecule has 0 aromatic heterocycles. The Hall–Kier alpha value is -1.31. The summed E-state index contributed by atoms with van der Waals surface area (Å²) in [6.07, 6.45) is 10.3. The molecule has 0 saturated heterocycles. The molecule has 0 aliphatic heterocycles. The van der Waals surface area contributed by atoms with Crippen LogP contribution in [0.15, 0.2) is 36.6 Å². The van der Waals surface area contributed by atoms with Crippen molar-refractivity contribution in [3.8, 4) is 0 Å². The summed E-state index contributed by atoms with van der Waals surface area (Å²) in [5, 5.41) is 0. The maximum Gasteiger partial charge on any atom is 0.142 e. The standard InChI is InChI=1S/C7H9NO/c8-6-4-2-1-3-5-7-9/h1-7H,8H2/b2-1+,5-3+,6-4+. The summed E-state index contributed by atoms with van der Waals surface area (Å²) in [6, 6.07) is 0. The van der Waals surface area contributed by atoms with Crippen molar-refractivity contribution >= 4 is 6.29 Å². The summed E-state index contributed by atoms with van der Waals surface area (Å²) in [5.74, 6) is 0. The number of nitrogens with two attached hydrogens (primary N) is 1. The molecule has 0 saturated carbocycles. The molecule has 0 bridgehead atoms. The monoisotopic (exact) mass is 123 g/mol. The molecule has 0 amide bonds. The van der Waals surface area contributed by atoms with Gasteiger partial charge in [0, 0.05) is 0 Å². The fourth-order valence-corrected chi connectivity index (χ4v) is 0.302. The minimum Gasteiger partial charge on any atom is -0.405 e. The molecular formula is C7H9NO. The van der Waals surface area contributed by atoms with Crippen LogP contribution in [0.25, 0.3) is 0 Å². The van der Waals surface area contributed by atoms with E-state index < -0.39 is 0 Å². The molecule has 0 unspecified atom stereocenters. The first kappa shape index (κ1) is 7.69. The Kier molecular flexibility index (Phi) is 5.72. The Bertz CT molecular complexity index is 145. The molecule has 0 rings (SSSR count). The van der Waals surface area contributed by atoms with E-state index in [1.807, 2.05) is 0 Å². The third-order valence-electron chi connectivity index (χ3n) is 0.634. The largest absolute Gasteiger partial charge is 0.405 e. The molecule has 0 spiro atoms. The maximum absolute atomic E-state index is 9.67. The summed E-state index contributed by atoms with van der Waals surface area (Å²) in [6.45, 7) is 0. The van der Waals surface area contributed by atoms with Gasteiger partial charge >= 0.3 is 0 Å². The van der Waals surface area contributed by atoms with Gasteiger partial charge in [0.05, 0.1) is 0 Å². The third-order valence-corrected chi connectivity index (χ3v) is 0.634. The Morgan fingerprint density at radius 3 is 2.00 bits per heavy atom. The summed E-state index contributed by atoms with van der Waals surface area (Å²) >= 11 is 0. The van der Waals surface area contributed by atoms with Gasteiger partial charge in [0.25, 0.3) is 0 Å². The van der Waals surface area contributed by atoms with Gasteiger partial charge < -0.3 is 5.73 Å². The van der Waals surface area contributed by atoms with Gasteiger partial charge in [-0.15, -0.1) is 0 Å². The second-order valence-corrected chi connectivity index (χ2v) is 1.29. The summed E-state index contributed by atoms with van der Waals surface area (Å²) in [5.41, 5.74) is 5.02. The molecule has 0 aromatic carbocycles. The van der Waals surface area contributed by atoms with E-state index in [2.05, 4.69) is 0 Å². The van der Waals surface area contributed by atoms with E-state index >= 15 is 0 Å². The highest BCUT2D eigenvalue weighted by Gasteiger charge is 1.59. The van der Waals surface area contributed by atoms with Crippen LogP contribution in [0.4, 0.5) is 0 Å². The van der Waals surface area contributed by atoms with E-state index in [4.69, 9.17) is 5.73 Å². The molecule has 0 atom stereocenters.